The minimum absolute atomic E-state index is 0.0964. The summed E-state index contributed by atoms with van der Waals surface area (Å²) in [5.41, 5.74) is 2.76. The van der Waals surface area contributed by atoms with E-state index in [0.717, 1.165) is 28.5 Å². The van der Waals surface area contributed by atoms with Gasteiger partial charge in [-0.25, -0.2) is 0 Å². The molecular weight excluding hydrogens is 424 g/mol. The Labute approximate surface area is 198 Å². The van der Waals surface area contributed by atoms with E-state index in [1.165, 1.54) is 42.6 Å². The van der Waals surface area contributed by atoms with E-state index in [4.69, 9.17) is 16.7 Å². The van der Waals surface area contributed by atoms with Crippen molar-refractivity contribution in [3.8, 4) is 0 Å². The Bertz CT molecular complexity index is 815. The third-order valence-electron chi connectivity index (χ3n) is 7.01. The average molecular weight is 463 g/mol. The summed E-state index contributed by atoms with van der Waals surface area (Å²) in [5.74, 6) is 0.0376. The van der Waals surface area contributed by atoms with Crippen LogP contribution in [0.25, 0.3) is 0 Å². The molecule has 32 heavy (non-hydrogen) atoms. The number of nitrogens with zero attached hydrogens (tertiary/aromatic N) is 2. The number of halogens is 1. The molecule has 1 aromatic rings. The molecule has 1 amide bonds. The predicted octanol–water partition coefficient (Wildman–Crippen LogP) is 5.71. The molecular formula is C26H39ClN2O3. The zero-order chi connectivity index (χ0) is 23.9. The Morgan fingerprint density at radius 3 is 2.44 bits per heavy atom. The molecule has 5 nitrogen and oxygen atoms in total. The van der Waals surface area contributed by atoms with Gasteiger partial charge in [-0.2, -0.15) is 0 Å². The second kappa shape index (κ2) is 11.9. The van der Waals surface area contributed by atoms with Crippen LogP contribution in [0, 0.1) is 11.8 Å². The SMILES string of the molecule is CC(C)/C(=C/N(C=O)CCC(=O)O)[C@@](C)(c1ccc(CCC2CCCC2)c(Cl)c1)N(C)C. The number of carboxylic acid groups (broad SMARTS) is 1. The molecule has 0 saturated heterocycles. The summed E-state index contributed by atoms with van der Waals surface area (Å²) >= 11 is 6.76. The lowest BCUT2D eigenvalue weighted by molar-refractivity contribution is -0.137. The predicted molar refractivity (Wildman–Crippen MR) is 131 cm³/mol. The molecule has 1 fully saturated rings. The number of likely N-dealkylation sites (N-methyl/N-ethyl adjacent to an activating group) is 1. The van der Waals surface area contributed by atoms with Crippen LogP contribution in [-0.4, -0.2) is 47.9 Å². The fraction of sp³-hybridized carbons (Fsp3) is 0.615. The maximum absolute atomic E-state index is 11.6. The Kier molecular flexibility index (Phi) is 9.78. The van der Waals surface area contributed by atoms with Crippen molar-refractivity contribution in [3.05, 3.63) is 46.1 Å². The number of benzene rings is 1. The van der Waals surface area contributed by atoms with Crippen molar-refractivity contribution in [1.29, 1.82) is 0 Å². The van der Waals surface area contributed by atoms with Gasteiger partial charge in [0.2, 0.25) is 6.41 Å². The number of hydrogen-bond donors (Lipinski definition) is 1. The van der Waals surface area contributed by atoms with E-state index in [9.17, 15) is 9.59 Å². The van der Waals surface area contributed by atoms with Crippen LogP contribution >= 0.6 is 11.6 Å². The molecule has 6 heteroatoms. The minimum Gasteiger partial charge on any atom is -0.481 e. The van der Waals surface area contributed by atoms with E-state index in [2.05, 4.69) is 43.9 Å². The Morgan fingerprint density at radius 2 is 1.94 bits per heavy atom. The van der Waals surface area contributed by atoms with Gasteiger partial charge in [0, 0.05) is 17.8 Å². The third kappa shape index (κ3) is 6.58. The summed E-state index contributed by atoms with van der Waals surface area (Å²) in [6, 6.07) is 6.35. The second-order valence-corrected chi connectivity index (χ2v) is 10.1. The molecule has 1 atom stereocenters. The molecule has 1 saturated carbocycles. The lowest BCUT2D eigenvalue weighted by Crippen LogP contribution is -2.43. The van der Waals surface area contributed by atoms with Gasteiger partial charge in [-0.3, -0.25) is 14.5 Å². The highest BCUT2D eigenvalue weighted by atomic mass is 35.5. The summed E-state index contributed by atoms with van der Waals surface area (Å²) in [7, 11) is 4.03. The van der Waals surface area contributed by atoms with Crippen LogP contribution in [0.1, 0.15) is 70.4 Å². The van der Waals surface area contributed by atoms with Crippen molar-refractivity contribution in [1.82, 2.24) is 9.80 Å². The van der Waals surface area contributed by atoms with Crippen LogP contribution in [0.5, 0.6) is 0 Å². The topological polar surface area (TPSA) is 60.9 Å². The zero-order valence-corrected chi connectivity index (χ0v) is 21.0. The van der Waals surface area contributed by atoms with Gasteiger partial charge in [-0.05, 0) is 68.5 Å². The van der Waals surface area contributed by atoms with Crippen molar-refractivity contribution in [2.75, 3.05) is 20.6 Å². The largest absolute Gasteiger partial charge is 0.481 e. The fourth-order valence-electron chi connectivity index (χ4n) is 4.78. The van der Waals surface area contributed by atoms with E-state index in [1.54, 1.807) is 0 Å². The highest BCUT2D eigenvalue weighted by Gasteiger charge is 2.36. The van der Waals surface area contributed by atoms with E-state index >= 15 is 0 Å². The van der Waals surface area contributed by atoms with Crippen LogP contribution < -0.4 is 0 Å². The maximum Gasteiger partial charge on any atom is 0.305 e. The molecule has 1 aromatic carbocycles. The molecule has 0 unspecified atom stereocenters. The average Bonchev–Trinajstić information content (AvgIpc) is 3.25. The Morgan fingerprint density at radius 1 is 1.28 bits per heavy atom. The highest BCUT2D eigenvalue weighted by Crippen LogP contribution is 2.40. The van der Waals surface area contributed by atoms with Crippen molar-refractivity contribution < 1.29 is 14.7 Å². The van der Waals surface area contributed by atoms with Crippen LogP contribution in [0.4, 0.5) is 0 Å². The van der Waals surface area contributed by atoms with E-state index < -0.39 is 11.5 Å². The van der Waals surface area contributed by atoms with Gasteiger partial charge >= 0.3 is 5.97 Å². The molecule has 178 valence electrons. The maximum atomic E-state index is 11.6. The van der Waals surface area contributed by atoms with Crippen molar-refractivity contribution in [2.24, 2.45) is 11.8 Å². The van der Waals surface area contributed by atoms with E-state index in [0.29, 0.717) is 6.41 Å². The zero-order valence-electron chi connectivity index (χ0n) is 20.2. The van der Waals surface area contributed by atoms with Gasteiger partial charge in [-0.1, -0.05) is 63.3 Å². The molecule has 0 bridgehead atoms. The summed E-state index contributed by atoms with van der Waals surface area (Å²) in [4.78, 5) is 26.2. The van der Waals surface area contributed by atoms with Crippen molar-refractivity contribution in [3.63, 3.8) is 0 Å². The van der Waals surface area contributed by atoms with Crippen LogP contribution in [0.3, 0.4) is 0 Å². The molecule has 1 N–H and O–H groups in total. The number of rotatable bonds is 12. The summed E-state index contributed by atoms with van der Waals surface area (Å²) in [5, 5.41) is 9.80. The summed E-state index contributed by atoms with van der Waals surface area (Å²) < 4.78 is 0. The van der Waals surface area contributed by atoms with Gasteiger partial charge in [0.05, 0.1) is 12.0 Å². The summed E-state index contributed by atoms with van der Waals surface area (Å²) in [6.07, 6.45) is 9.99. The molecule has 1 aliphatic rings. The van der Waals surface area contributed by atoms with Crippen molar-refractivity contribution in [2.45, 2.75) is 71.3 Å². The van der Waals surface area contributed by atoms with E-state index in [1.807, 2.05) is 20.3 Å². The Hall–Kier alpha value is -1.85. The monoisotopic (exact) mass is 462 g/mol. The first-order valence-electron chi connectivity index (χ1n) is 11.7. The van der Waals surface area contributed by atoms with Crippen molar-refractivity contribution >= 4 is 24.0 Å². The van der Waals surface area contributed by atoms with Crippen LogP contribution in [0.15, 0.2) is 30.0 Å². The molecule has 1 aliphatic carbocycles. The van der Waals surface area contributed by atoms with Gasteiger partial charge in [0.1, 0.15) is 0 Å². The minimum atomic E-state index is -0.924. The fourth-order valence-corrected chi connectivity index (χ4v) is 5.06. The lowest BCUT2D eigenvalue weighted by Gasteiger charge is -2.42. The molecule has 0 radical (unpaired) electrons. The van der Waals surface area contributed by atoms with Gasteiger partial charge < -0.3 is 10.0 Å². The molecule has 0 aliphatic heterocycles. The summed E-state index contributed by atoms with van der Waals surface area (Å²) in [6.45, 7) is 6.44. The normalized spacial score (nSPS) is 17.1. The van der Waals surface area contributed by atoms with Gasteiger partial charge in [0.15, 0.2) is 0 Å². The number of carbonyl (C=O) groups excluding carboxylic acids is 1. The Balaban J connectivity index is 2.36. The van der Waals surface area contributed by atoms with Gasteiger partial charge in [0.25, 0.3) is 0 Å². The second-order valence-electron chi connectivity index (χ2n) is 9.69. The first-order chi connectivity index (χ1) is 15.1. The quantitative estimate of drug-likeness (QED) is 0.404. The number of aryl methyl sites for hydroxylation is 1. The number of carbonyl (C=O) groups is 2. The molecule has 2 rings (SSSR count). The first kappa shape index (κ1) is 26.4. The number of amides is 1. The third-order valence-corrected chi connectivity index (χ3v) is 7.37. The smallest absolute Gasteiger partial charge is 0.305 e. The van der Waals surface area contributed by atoms with Crippen LogP contribution in [-0.2, 0) is 21.5 Å². The number of hydrogen-bond acceptors (Lipinski definition) is 3. The molecule has 0 aromatic heterocycles. The standard InChI is InChI=1S/C26H39ClN2O3/c1-19(2)23(17-29(18-30)15-14-25(31)32)26(3,28(4)5)22-13-12-21(24(27)16-22)11-10-20-8-6-7-9-20/h12-13,16-20H,6-11,14-15H2,1-5H3,(H,31,32)/b23-17-/t26-/m1/s1. The number of aliphatic carboxylic acids is 1. The number of carboxylic acids is 1. The first-order valence-corrected chi connectivity index (χ1v) is 12.1. The van der Waals surface area contributed by atoms with E-state index in [-0.39, 0.29) is 18.9 Å². The molecule has 0 spiro atoms. The molecule has 0 heterocycles. The van der Waals surface area contributed by atoms with Crippen LogP contribution in [0.2, 0.25) is 5.02 Å². The highest BCUT2D eigenvalue weighted by molar-refractivity contribution is 6.31. The van der Waals surface area contributed by atoms with Gasteiger partial charge in [-0.15, -0.1) is 0 Å². The lowest BCUT2D eigenvalue weighted by atomic mass is 9.78.